The Labute approximate surface area is 150 Å². The van der Waals surface area contributed by atoms with Gasteiger partial charge in [-0.15, -0.1) is 0 Å². The van der Waals surface area contributed by atoms with Crippen molar-refractivity contribution in [3.05, 3.63) is 58.5 Å². The third-order valence-electron chi connectivity index (χ3n) is 4.79. The zero-order valence-corrected chi connectivity index (χ0v) is 14.6. The van der Waals surface area contributed by atoms with Crippen LogP contribution in [0.15, 0.2) is 47.3 Å². The summed E-state index contributed by atoms with van der Waals surface area (Å²) in [5, 5.41) is 6.19. The molecule has 3 heterocycles. The zero-order chi connectivity index (χ0) is 18.1. The summed E-state index contributed by atoms with van der Waals surface area (Å²) in [6.07, 6.45) is 1.08. The van der Waals surface area contributed by atoms with Crippen molar-refractivity contribution in [1.82, 2.24) is 24.8 Å². The van der Waals surface area contributed by atoms with Crippen molar-refractivity contribution in [2.75, 3.05) is 26.7 Å². The maximum Gasteiger partial charge on any atom is 0.273 e. The van der Waals surface area contributed by atoms with Crippen LogP contribution in [0.1, 0.15) is 16.9 Å². The number of aromatic amines is 1. The SMILES string of the molecule is CN(CC1CCNC1)C(=O)c1cc2nc(-c3ccccc3)cc(=O)n2[nH]1. The second-order valence-electron chi connectivity index (χ2n) is 6.75. The molecule has 0 radical (unpaired) electrons. The van der Waals surface area contributed by atoms with Crippen molar-refractivity contribution in [2.24, 2.45) is 5.92 Å². The van der Waals surface area contributed by atoms with Crippen LogP contribution < -0.4 is 10.9 Å². The van der Waals surface area contributed by atoms with Gasteiger partial charge in [0.05, 0.1) is 5.69 Å². The lowest BCUT2D eigenvalue weighted by atomic mass is 10.1. The van der Waals surface area contributed by atoms with Gasteiger partial charge < -0.3 is 10.2 Å². The van der Waals surface area contributed by atoms with E-state index in [1.165, 1.54) is 10.6 Å². The average Bonchev–Trinajstić information content (AvgIpc) is 3.31. The Morgan fingerprint density at radius 2 is 2.12 bits per heavy atom. The van der Waals surface area contributed by atoms with Gasteiger partial charge in [0.25, 0.3) is 11.5 Å². The van der Waals surface area contributed by atoms with E-state index in [2.05, 4.69) is 15.4 Å². The molecule has 0 spiro atoms. The number of hydrogen-bond acceptors (Lipinski definition) is 4. The fourth-order valence-electron chi connectivity index (χ4n) is 3.40. The molecule has 0 aliphatic carbocycles. The van der Waals surface area contributed by atoms with Gasteiger partial charge in [-0.1, -0.05) is 30.3 Å². The van der Waals surface area contributed by atoms with Crippen molar-refractivity contribution >= 4 is 11.6 Å². The predicted molar refractivity (Wildman–Crippen MR) is 99.2 cm³/mol. The Morgan fingerprint density at radius 3 is 2.85 bits per heavy atom. The normalized spacial score (nSPS) is 16.9. The lowest BCUT2D eigenvalue weighted by Gasteiger charge is -2.19. The summed E-state index contributed by atoms with van der Waals surface area (Å²) in [6.45, 7) is 2.63. The van der Waals surface area contributed by atoms with Gasteiger partial charge in [-0.2, -0.15) is 0 Å². The van der Waals surface area contributed by atoms with Gasteiger partial charge in [0.2, 0.25) is 0 Å². The van der Waals surface area contributed by atoms with Crippen LogP contribution in [-0.2, 0) is 0 Å². The first-order valence-corrected chi connectivity index (χ1v) is 8.76. The third kappa shape index (κ3) is 3.13. The Hall–Kier alpha value is -2.93. The smallest absolute Gasteiger partial charge is 0.273 e. The second-order valence-corrected chi connectivity index (χ2v) is 6.75. The van der Waals surface area contributed by atoms with Gasteiger partial charge in [0.1, 0.15) is 5.69 Å². The summed E-state index contributed by atoms with van der Waals surface area (Å²) in [5.74, 6) is 0.335. The highest BCUT2D eigenvalue weighted by molar-refractivity contribution is 5.93. The molecule has 1 atom stereocenters. The van der Waals surface area contributed by atoms with Crippen molar-refractivity contribution < 1.29 is 4.79 Å². The molecule has 7 heteroatoms. The molecule has 1 saturated heterocycles. The van der Waals surface area contributed by atoms with Gasteiger partial charge in [0.15, 0.2) is 5.65 Å². The minimum Gasteiger partial charge on any atom is -0.340 e. The molecular formula is C19H21N5O2. The van der Waals surface area contributed by atoms with Crippen molar-refractivity contribution in [3.63, 3.8) is 0 Å². The first kappa shape index (κ1) is 16.5. The largest absolute Gasteiger partial charge is 0.340 e. The highest BCUT2D eigenvalue weighted by Crippen LogP contribution is 2.16. The molecule has 1 unspecified atom stereocenters. The lowest BCUT2D eigenvalue weighted by Crippen LogP contribution is -2.33. The molecule has 4 rings (SSSR count). The fourth-order valence-corrected chi connectivity index (χ4v) is 3.40. The molecule has 134 valence electrons. The highest BCUT2D eigenvalue weighted by Gasteiger charge is 2.21. The van der Waals surface area contributed by atoms with E-state index in [-0.39, 0.29) is 11.5 Å². The molecule has 1 fully saturated rings. The third-order valence-corrected chi connectivity index (χ3v) is 4.79. The zero-order valence-electron chi connectivity index (χ0n) is 14.6. The number of nitrogens with zero attached hydrogens (tertiary/aromatic N) is 3. The van der Waals surface area contributed by atoms with Crippen molar-refractivity contribution in [3.8, 4) is 11.3 Å². The maximum absolute atomic E-state index is 12.7. The van der Waals surface area contributed by atoms with Crippen LogP contribution in [0.4, 0.5) is 0 Å². The van der Waals surface area contributed by atoms with E-state index in [0.717, 1.165) is 25.1 Å². The summed E-state index contributed by atoms with van der Waals surface area (Å²) in [4.78, 5) is 31.3. The fraction of sp³-hybridized carbons (Fsp3) is 0.316. The molecule has 1 aromatic carbocycles. The van der Waals surface area contributed by atoms with E-state index in [1.54, 1.807) is 18.0 Å². The van der Waals surface area contributed by atoms with Crippen molar-refractivity contribution in [2.45, 2.75) is 6.42 Å². The van der Waals surface area contributed by atoms with E-state index >= 15 is 0 Å². The number of rotatable bonds is 4. The predicted octanol–water partition coefficient (Wildman–Crippen LogP) is 1.37. The van der Waals surface area contributed by atoms with Gasteiger partial charge in [0, 0.05) is 31.3 Å². The second kappa shape index (κ2) is 6.76. The summed E-state index contributed by atoms with van der Waals surface area (Å²) in [7, 11) is 1.79. The molecule has 1 aliphatic heterocycles. The van der Waals surface area contributed by atoms with Crippen LogP contribution in [0, 0.1) is 5.92 Å². The number of fused-ring (bicyclic) bond motifs is 1. The molecule has 2 aromatic heterocycles. The summed E-state index contributed by atoms with van der Waals surface area (Å²) in [5.41, 5.74) is 2.03. The summed E-state index contributed by atoms with van der Waals surface area (Å²) < 4.78 is 1.31. The minimum atomic E-state index is -0.240. The lowest BCUT2D eigenvalue weighted by molar-refractivity contribution is 0.0770. The monoisotopic (exact) mass is 351 g/mol. The molecule has 7 nitrogen and oxygen atoms in total. The molecule has 0 bridgehead atoms. The van der Waals surface area contributed by atoms with Crippen LogP contribution in [0.25, 0.3) is 16.9 Å². The number of nitrogens with one attached hydrogen (secondary N) is 2. The summed E-state index contributed by atoms with van der Waals surface area (Å²) >= 11 is 0. The molecule has 26 heavy (non-hydrogen) atoms. The number of carbonyl (C=O) groups excluding carboxylic acids is 1. The van der Waals surface area contributed by atoms with E-state index in [1.807, 2.05) is 30.3 Å². The van der Waals surface area contributed by atoms with Gasteiger partial charge >= 0.3 is 0 Å². The van der Waals surface area contributed by atoms with E-state index in [9.17, 15) is 9.59 Å². The van der Waals surface area contributed by atoms with E-state index in [0.29, 0.717) is 29.5 Å². The summed E-state index contributed by atoms with van der Waals surface area (Å²) in [6, 6.07) is 12.6. The van der Waals surface area contributed by atoms with E-state index < -0.39 is 0 Å². The van der Waals surface area contributed by atoms with Gasteiger partial charge in [-0.25, -0.2) is 9.50 Å². The van der Waals surface area contributed by atoms with Crippen LogP contribution in [0.2, 0.25) is 0 Å². The Balaban J connectivity index is 1.63. The minimum absolute atomic E-state index is 0.136. The van der Waals surface area contributed by atoms with Gasteiger partial charge in [-0.05, 0) is 25.4 Å². The number of hydrogen-bond donors (Lipinski definition) is 2. The molecule has 1 aliphatic rings. The average molecular weight is 351 g/mol. The highest BCUT2D eigenvalue weighted by atomic mass is 16.2. The first-order chi connectivity index (χ1) is 12.6. The number of aromatic nitrogens is 3. The molecule has 3 aromatic rings. The first-order valence-electron chi connectivity index (χ1n) is 8.76. The maximum atomic E-state index is 12.7. The topological polar surface area (TPSA) is 82.5 Å². The molecule has 1 amide bonds. The molecule has 2 N–H and O–H groups in total. The van der Waals surface area contributed by atoms with Crippen LogP contribution >= 0.6 is 0 Å². The van der Waals surface area contributed by atoms with E-state index in [4.69, 9.17) is 0 Å². The quantitative estimate of drug-likeness (QED) is 0.744. The van der Waals surface area contributed by atoms with Crippen molar-refractivity contribution in [1.29, 1.82) is 0 Å². The van der Waals surface area contributed by atoms with Gasteiger partial charge in [-0.3, -0.25) is 14.7 Å². The standard InChI is InChI=1S/C19H21N5O2/c1-23(12-13-7-8-20-11-13)19(26)16-9-17-21-15(10-18(25)24(17)22-16)14-5-3-2-4-6-14/h2-6,9-10,13,20,22H,7-8,11-12H2,1H3. The van der Waals surface area contributed by atoms with Crippen LogP contribution in [0.3, 0.4) is 0 Å². The Bertz CT molecular complexity index is 986. The molecule has 0 saturated carbocycles. The number of carbonyl (C=O) groups is 1. The van der Waals surface area contributed by atoms with Crippen LogP contribution in [-0.4, -0.2) is 52.1 Å². The number of H-pyrrole nitrogens is 1. The molecular weight excluding hydrogens is 330 g/mol. The number of benzene rings is 1. The Morgan fingerprint density at radius 1 is 1.31 bits per heavy atom. The Kier molecular flexibility index (Phi) is 4.30. The number of amides is 1. The van der Waals surface area contributed by atoms with Crippen LogP contribution in [0.5, 0.6) is 0 Å².